The molecular weight excluding hydrogens is 180 g/mol. The molecule has 0 bridgehead atoms. The lowest BCUT2D eigenvalue weighted by Crippen LogP contribution is -2.36. The highest BCUT2D eigenvalue weighted by atomic mass is 16.4. The van der Waals surface area contributed by atoms with Crippen LogP contribution in [0.2, 0.25) is 0 Å². The fraction of sp³-hybridized carbons (Fsp3) is 0.500. The van der Waals surface area contributed by atoms with Gasteiger partial charge in [-0.05, 0) is 18.6 Å². The van der Waals surface area contributed by atoms with E-state index < -0.39 is 6.09 Å². The van der Waals surface area contributed by atoms with Gasteiger partial charge in [-0.2, -0.15) is 0 Å². The van der Waals surface area contributed by atoms with Crippen LogP contribution < -0.4 is 5.73 Å². The summed E-state index contributed by atoms with van der Waals surface area (Å²) in [6, 6.07) is -0.0996. The first-order valence-electron chi connectivity index (χ1n) is 4.82. The third-order valence-corrected chi connectivity index (χ3v) is 2.24. The van der Waals surface area contributed by atoms with Crippen LogP contribution in [0.15, 0.2) is 24.0 Å². The fourth-order valence-corrected chi connectivity index (χ4v) is 1.48. The van der Waals surface area contributed by atoms with Crippen molar-refractivity contribution >= 4 is 6.09 Å². The van der Waals surface area contributed by atoms with Gasteiger partial charge >= 0.3 is 6.09 Å². The molecule has 1 unspecified atom stereocenters. The van der Waals surface area contributed by atoms with E-state index in [0.717, 1.165) is 19.3 Å². The van der Waals surface area contributed by atoms with Crippen LogP contribution in [0.25, 0.3) is 0 Å². The average molecular weight is 196 g/mol. The number of unbranched alkanes of at least 4 members (excludes halogenated alkanes) is 1. The second-order valence-electron chi connectivity index (χ2n) is 3.38. The molecular formula is C10H16N2O2. The molecule has 1 heterocycles. The van der Waals surface area contributed by atoms with Crippen LogP contribution in [0.4, 0.5) is 4.79 Å². The lowest BCUT2D eigenvalue weighted by Gasteiger charge is -2.26. The van der Waals surface area contributed by atoms with Crippen molar-refractivity contribution in [3.63, 3.8) is 0 Å². The summed E-state index contributed by atoms with van der Waals surface area (Å²) in [7, 11) is 0. The molecule has 4 nitrogen and oxygen atoms in total. The summed E-state index contributed by atoms with van der Waals surface area (Å²) < 4.78 is 0. The maximum absolute atomic E-state index is 10.8. The lowest BCUT2D eigenvalue weighted by molar-refractivity contribution is 0.152. The standard InChI is InChI=1S/C10H16N2O2/c1-2-3-4-9-7-8(11)5-6-12(9)10(13)14/h5-7,9H,2-4,11H2,1H3,(H,13,14). The first-order chi connectivity index (χ1) is 6.65. The molecule has 0 spiro atoms. The SMILES string of the molecule is CCCCC1C=C(N)C=CN1C(=O)O. The molecule has 0 aromatic rings. The van der Waals surface area contributed by atoms with E-state index in [1.54, 1.807) is 12.2 Å². The highest BCUT2D eigenvalue weighted by Crippen LogP contribution is 2.16. The van der Waals surface area contributed by atoms with E-state index in [1.165, 1.54) is 11.1 Å². The number of nitrogens with zero attached hydrogens (tertiary/aromatic N) is 1. The summed E-state index contributed by atoms with van der Waals surface area (Å²) in [4.78, 5) is 12.1. The van der Waals surface area contributed by atoms with Crippen LogP contribution in [0.1, 0.15) is 26.2 Å². The van der Waals surface area contributed by atoms with Crippen LogP contribution in [0, 0.1) is 0 Å². The van der Waals surface area contributed by atoms with Crippen molar-refractivity contribution in [2.75, 3.05) is 0 Å². The van der Waals surface area contributed by atoms with Crippen molar-refractivity contribution < 1.29 is 9.90 Å². The molecule has 0 aliphatic carbocycles. The minimum absolute atomic E-state index is 0.0996. The zero-order valence-corrected chi connectivity index (χ0v) is 8.31. The molecule has 1 aliphatic heterocycles. The van der Waals surface area contributed by atoms with Gasteiger partial charge in [-0.25, -0.2) is 4.79 Å². The van der Waals surface area contributed by atoms with E-state index in [1.807, 2.05) is 0 Å². The Kier molecular flexibility index (Phi) is 3.56. The Bertz CT molecular complexity index is 271. The summed E-state index contributed by atoms with van der Waals surface area (Å²) in [6.45, 7) is 2.08. The Morgan fingerprint density at radius 3 is 3.00 bits per heavy atom. The molecule has 0 saturated carbocycles. The second-order valence-corrected chi connectivity index (χ2v) is 3.38. The first kappa shape index (κ1) is 10.6. The Morgan fingerprint density at radius 1 is 1.71 bits per heavy atom. The van der Waals surface area contributed by atoms with Crippen molar-refractivity contribution in [3.05, 3.63) is 24.0 Å². The van der Waals surface area contributed by atoms with Crippen molar-refractivity contribution in [1.29, 1.82) is 0 Å². The molecule has 14 heavy (non-hydrogen) atoms. The highest BCUT2D eigenvalue weighted by molar-refractivity contribution is 5.67. The number of rotatable bonds is 3. The number of nitrogens with two attached hydrogens (primary N) is 1. The molecule has 1 amide bonds. The van der Waals surface area contributed by atoms with Crippen molar-refractivity contribution in [3.8, 4) is 0 Å². The number of carboxylic acid groups (broad SMARTS) is 1. The Balaban J connectivity index is 2.66. The van der Waals surface area contributed by atoms with Gasteiger partial charge in [0.15, 0.2) is 0 Å². The molecule has 0 radical (unpaired) electrons. The van der Waals surface area contributed by atoms with Crippen LogP contribution in [0.3, 0.4) is 0 Å². The van der Waals surface area contributed by atoms with E-state index in [4.69, 9.17) is 10.8 Å². The Hall–Kier alpha value is -1.45. The van der Waals surface area contributed by atoms with E-state index in [9.17, 15) is 4.79 Å². The Morgan fingerprint density at radius 2 is 2.43 bits per heavy atom. The van der Waals surface area contributed by atoms with Crippen molar-refractivity contribution in [1.82, 2.24) is 4.90 Å². The van der Waals surface area contributed by atoms with E-state index in [0.29, 0.717) is 5.70 Å². The van der Waals surface area contributed by atoms with Crippen LogP contribution >= 0.6 is 0 Å². The fourth-order valence-electron chi connectivity index (χ4n) is 1.48. The van der Waals surface area contributed by atoms with Gasteiger partial charge < -0.3 is 10.8 Å². The zero-order chi connectivity index (χ0) is 10.6. The summed E-state index contributed by atoms with van der Waals surface area (Å²) in [5.74, 6) is 0. The smallest absolute Gasteiger partial charge is 0.411 e. The predicted octanol–water partition coefficient (Wildman–Crippen LogP) is 1.90. The molecule has 0 fully saturated rings. The summed E-state index contributed by atoms with van der Waals surface area (Å²) >= 11 is 0. The van der Waals surface area contributed by atoms with Gasteiger partial charge in [-0.1, -0.05) is 19.8 Å². The molecule has 0 aromatic heterocycles. The molecule has 0 aromatic carbocycles. The molecule has 1 rings (SSSR count). The van der Waals surface area contributed by atoms with E-state index in [2.05, 4.69) is 6.92 Å². The van der Waals surface area contributed by atoms with Gasteiger partial charge in [0.1, 0.15) is 0 Å². The van der Waals surface area contributed by atoms with Gasteiger partial charge in [-0.15, -0.1) is 0 Å². The van der Waals surface area contributed by atoms with Gasteiger partial charge in [0.05, 0.1) is 6.04 Å². The molecule has 4 heteroatoms. The number of hydrogen-bond donors (Lipinski definition) is 2. The van der Waals surface area contributed by atoms with Crippen LogP contribution in [0.5, 0.6) is 0 Å². The second kappa shape index (κ2) is 4.69. The molecule has 1 aliphatic rings. The monoisotopic (exact) mass is 196 g/mol. The van der Waals surface area contributed by atoms with Crippen molar-refractivity contribution in [2.45, 2.75) is 32.2 Å². The van der Waals surface area contributed by atoms with Gasteiger partial charge in [0.25, 0.3) is 0 Å². The van der Waals surface area contributed by atoms with Gasteiger partial charge in [-0.3, -0.25) is 4.90 Å². The van der Waals surface area contributed by atoms with Gasteiger partial charge in [0, 0.05) is 11.9 Å². The topological polar surface area (TPSA) is 66.6 Å². The lowest BCUT2D eigenvalue weighted by atomic mass is 10.1. The quantitative estimate of drug-likeness (QED) is 0.724. The normalized spacial score (nSPS) is 20.8. The maximum atomic E-state index is 10.8. The number of hydrogen-bond acceptors (Lipinski definition) is 2. The minimum atomic E-state index is -0.925. The molecule has 78 valence electrons. The summed E-state index contributed by atoms with van der Waals surface area (Å²) in [5, 5.41) is 8.90. The molecule has 0 saturated heterocycles. The molecule has 3 N–H and O–H groups in total. The third-order valence-electron chi connectivity index (χ3n) is 2.24. The number of amides is 1. The van der Waals surface area contributed by atoms with E-state index in [-0.39, 0.29) is 6.04 Å². The number of allylic oxidation sites excluding steroid dienone is 1. The zero-order valence-electron chi connectivity index (χ0n) is 8.31. The summed E-state index contributed by atoms with van der Waals surface area (Å²) in [6.07, 6.45) is 6.89. The van der Waals surface area contributed by atoms with Crippen LogP contribution in [-0.2, 0) is 0 Å². The number of carbonyl (C=O) groups is 1. The highest BCUT2D eigenvalue weighted by Gasteiger charge is 2.21. The predicted molar refractivity (Wildman–Crippen MR) is 54.6 cm³/mol. The van der Waals surface area contributed by atoms with Crippen molar-refractivity contribution in [2.24, 2.45) is 5.73 Å². The van der Waals surface area contributed by atoms with Crippen LogP contribution in [-0.4, -0.2) is 22.1 Å². The molecule has 1 atom stereocenters. The van der Waals surface area contributed by atoms with Gasteiger partial charge in [0.2, 0.25) is 0 Å². The Labute approximate surface area is 83.7 Å². The average Bonchev–Trinajstić information content (AvgIpc) is 2.14. The maximum Gasteiger partial charge on any atom is 0.411 e. The minimum Gasteiger partial charge on any atom is -0.465 e. The third kappa shape index (κ3) is 2.52. The largest absolute Gasteiger partial charge is 0.465 e. The summed E-state index contributed by atoms with van der Waals surface area (Å²) in [5.41, 5.74) is 6.26. The first-order valence-corrected chi connectivity index (χ1v) is 4.82. The van der Waals surface area contributed by atoms with E-state index >= 15 is 0 Å².